The molecule has 178 valence electrons. The van der Waals surface area contributed by atoms with Crippen molar-refractivity contribution in [1.82, 2.24) is 4.57 Å². The average molecular weight is 486 g/mol. The van der Waals surface area contributed by atoms with Crippen LogP contribution < -0.4 is 0 Å². The first-order valence-corrected chi connectivity index (χ1v) is 12.8. The highest BCUT2D eigenvalue weighted by atomic mass is 35.5. The second-order valence-corrected chi connectivity index (χ2v) is 12.4. The minimum absolute atomic E-state index is 0.0307. The smallest absolute Gasteiger partial charge is 0.308 e. The number of fused-ring (bicyclic) bond motifs is 1. The molecule has 0 radical (unpaired) electrons. The summed E-state index contributed by atoms with van der Waals surface area (Å²) in [7, 11) is 1.46. The van der Waals surface area contributed by atoms with Gasteiger partial charge >= 0.3 is 5.97 Å². The lowest BCUT2D eigenvalue weighted by atomic mass is 9.95. The molecule has 1 unspecified atom stereocenters. The fourth-order valence-corrected chi connectivity index (χ4v) is 5.82. The number of aryl methyl sites for hydroxylation is 1. The maximum absolute atomic E-state index is 12.4. The zero-order valence-electron chi connectivity index (χ0n) is 21.1. The third-order valence-electron chi connectivity index (χ3n) is 5.98. The number of carbonyl (C=O) groups excluding carboxylic acids is 1. The molecule has 3 rings (SSSR count). The summed E-state index contributed by atoms with van der Waals surface area (Å²) in [6, 6.07) is 12.5. The van der Waals surface area contributed by atoms with E-state index in [1.165, 1.54) is 45.3 Å². The van der Waals surface area contributed by atoms with Crippen LogP contribution in [0.1, 0.15) is 69.8 Å². The molecule has 0 N–H and O–H groups in total. The van der Waals surface area contributed by atoms with Gasteiger partial charge < -0.3 is 9.30 Å². The first kappa shape index (κ1) is 25.7. The number of halogens is 1. The summed E-state index contributed by atoms with van der Waals surface area (Å²) in [4.78, 5) is 13.7. The highest BCUT2D eigenvalue weighted by molar-refractivity contribution is 8.00. The molecular weight excluding hydrogens is 450 g/mol. The van der Waals surface area contributed by atoms with Gasteiger partial charge in [0.2, 0.25) is 0 Å². The van der Waals surface area contributed by atoms with Crippen LogP contribution >= 0.6 is 23.4 Å². The van der Waals surface area contributed by atoms with Gasteiger partial charge in [0.15, 0.2) is 0 Å². The van der Waals surface area contributed by atoms with Gasteiger partial charge in [0.1, 0.15) is 0 Å². The van der Waals surface area contributed by atoms with Crippen molar-refractivity contribution in [3.05, 3.63) is 63.8 Å². The van der Waals surface area contributed by atoms with Gasteiger partial charge in [-0.15, -0.1) is 11.8 Å². The number of carbonyl (C=O) groups is 1. The van der Waals surface area contributed by atoms with Crippen LogP contribution in [0, 0.1) is 12.8 Å². The molecule has 0 amide bonds. The Morgan fingerprint density at radius 2 is 1.73 bits per heavy atom. The number of benzene rings is 2. The monoisotopic (exact) mass is 485 g/mol. The van der Waals surface area contributed by atoms with Crippen molar-refractivity contribution in [3.63, 3.8) is 0 Å². The van der Waals surface area contributed by atoms with Crippen LogP contribution in [0.3, 0.4) is 0 Å². The summed E-state index contributed by atoms with van der Waals surface area (Å²) < 4.78 is 7.50. The van der Waals surface area contributed by atoms with Gasteiger partial charge in [-0.25, -0.2) is 0 Å². The summed E-state index contributed by atoms with van der Waals surface area (Å²) in [6.07, 6.45) is 0.629. The minimum Gasteiger partial charge on any atom is -0.469 e. The minimum atomic E-state index is -0.229. The molecule has 2 aromatic carbocycles. The molecule has 0 saturated carbocycles. The summed E-state index contributed by atoms with van der Waals surface area (Å²) in [6.45, 7) is 16.1. The molecule has 0 aliphatic rings. The molecule has 5 heteroatoms. The molecule has 0 aliphatic carbocycles. The zero-order valence-corrected chi connectivity index (χ0v) is 22.7. The number of methoxy groups -OCH3 is 1. The number of aromatic nitrogens is 1. The van der Waals surface area contributed by atoms with Gasteiger partial charge in [-0.1, -0.05) is 71.3 Å². The van der Waals surface area contributed by atoms with Crippen LogP contribution in [0.4, 0.5) is 0 Å². The van der Waals surface area contributed by atoms with E-state index in [4.69, 9.17) is 16.3 Å². The highest BCUT2D eigenvalue weighted by Crippen LogP contribution is 2.44. The Hall–Kier alpha value is -1.91. The predicted octanol–water partition coefficient (Wildman–Crippen LogP) is 8.02. The number of esters is 1. The Morgan fingerprint density at radius 3 is 2.27 bits per heavy atom. The van der Waals surface area contributed by atoms with Crippen LogP contribution in [0.5, 0.6) is 0 Å². The van der Waals surface area contributed by atoms with E-state index in [0.29, 0.717) is 12.3 Å². The Balaban J connectivity index is 2.31. The van der Waals surface area contributed by atoms with Crippen LogP contribution in [-0.4, -0.2) is 22.4 Å². The van der Waals surface area contributed by atoms with Crippen molar-refractivity contribution < 1.29 is 9.53 Å². The van der Waals surface area contributed by atoms with E-state index >= 15 is 0 Å². The third-order valence-corrected chi connectivity index (χ3v) is 7.49. The van der Waals surface area contributed by atoms with E-state index in [2.05, 4.69) is 70.4 Å². The maximum atomic E-state index is 12.4. The Bertz CT molecular complexity index is 1140. The first-order chi connectivity index (χ1) is 15.4. The van der Waals surface area contributed by atoms with Crippen molar-refractivity contribution in [3.8, 4) is 0 Å². The van der Waals surface area contributed by atoms with Gasteiger partial charge in [0.05, 0.1) is 13.0 Å². The lowest BCUT2D eigenvalue weighted by Gasteiger charge is -2.21. The standard InChI is InChI=1S/C28H36ClNO2S/c1-17(2)22-13-14-23-25(19(22)4)26(33-28(5,6)7)24(15-18(3)27(31)32-8)30(23)16-20-9-11-21(29)12-10-20/h9-14,17-18H,15-16H2,1-8H3. The molecule has 33 heavy (non-hydrogen) atoms. The molecular formula is C28H36ClNO2S. The quantitative estimate of drug-likeness (QED) is 0.251. The molecule has 1 atom stereocenters. The predicted molar refractivity (Wildman–Crippen MR) is 142 cm³/mol. The number of hydrogen-bond acceptors (Lipinski definition) is 3. The van der Waals surface area contributed by atoms with Crippen LogP contribution in [0.2, 0.25) is 5.02 Å². The number of hydrogen-bond donors (Lipinski definition) is 0. The summed E-state index contributed by atoms with van der Waals surface area (Å²) in [5, 5.41) is 2.04. The van der Waals surface area contributed by atoms with Crippen molar-refractivity contribution in [2.45, 2.75) is 77.0 Å². The second-order valence-electron chi connectivity index (χ2n) is 10.2. The van der Waals surface area contributed by atoms with Crippen LogP contribution in [0.15, 0.2) is 41.3 Å². The molecule has 0 fully saturated rings. The number of nitrogens with zero attached hydrogens (tertiary/aromatic N) is 1. The molecule has 0 spiro atoms. The Labute approximate surface area is 207 Å². The lowest BCUT2D eigenvalue weighted by molar-refractivity contribution is -0.144. The molecule has 0 aliphatic heterocycles. The summed E-state index contributed by atoms with van der Waals surface area (Å²) >= 11 is 8.04. The number of rotatable bonds is 7. The first-order valence-electron chi connectivity index (χ1n) is 11.6. The Morgan fingerprint density at radius 1 is 1.09 bits per heavy atom. The van der Waals surface area contributed by atoms with E-state index < -0.39 is 0 Å². The van der Waals surface area contributed by atoms with E-state index in [1.54, 1.807) is 0 Å². The molecule has 0 bridgehead atoms. The van der Waals surface area contributed by atoms with E-state index in [0.717, 1.165) is 11.6 Å². The van der Waals surface area contributed by atoms with Crippen LogP contribution in [-0.2, 0) is 22.5 Å². The van der Waals surface area contributed by atoms with E-state index in [9.17, 15) is 4.79 Å². The molecule has 3 nitrogen and oxygen atoms in total. The number of ether oxygens (including phenoxy) is 1. The lowest BCUT2D eigenvalue weighted by Crippen LogP contribution is -2.18. The van der Waals surface area contributed by atoms with Gasteiger partial charge in [0, 0.05) is 44.2 Å². The van der Waals surface area contributed by atoms with Gasteiger partial charge in [-0.2, -0.15) is 0 Å². The topological polar surface area (TPSA) is 31.2 Å². The third kappa shape index (κ3) is 5.78. The maximum Gasteiger partial charge on any atom is 0.308 e. The van der Waals surface area contributed by atoms with E-state index in [1.807, 2.05) is 30.8 Å². The van der Waals surface area contributed by atoms with Crippen molar-refractivity contribution >= 4 is 40.2 Å². The van der Waals surface area contributed by atoms with Crippen molar-refractivity contribution in [1.29, 1.82) is 0 Å². The van der Waals surface area contributed by atoms with Crippen molar-refractivity contribution in [2.75, 3.05) is 7.11 Å². The van der Waals surface area contributed by atoms with Gasteiger partial charge in [0.25, 0.3) is 0 Å². The van der Waals surface area contributed by atoms with Crippen molar-refractivity contribution in [2.24, 2.45) is 5.92 Å². The molecule has 1 heterocycles. The molecule has 0 saturated heterocycles. The number of thioether (sulfide) groups is 1. The fraction of sp³-hybridized carbons (Fsp3) is 0.464. The molecule has 1 aromatic heterocycles. The normalized spacial score (nSPS) is 13.0. The summed E-state index contributed by atoms with van der Waals surface area (Å²) in [5.41, 5.74) is 6.29. The second kappa shape index (κ2) is 10.1. The average Bonchev–Trinajstić information content (AvgIpc) is 3.00. The zero-order chi connectivity index (χ0) is 24.5. The van der Waals surface area contributed by atoms with Crippen LogP contribution in [0.25, 0.3) is 10.9 Å². The van der Waals surface area contributed by atoms with Gasteiger partial charge in [-0.3, -0.25) is 4.79 Å². The molecule has 3 aromatic rings. The highest BCUT2D eigenvalue weighted by Gasteiger charge is 2.27. The van der Waals surface area contributed by atoms with Gasteiger partial charge in [-0.05, 0) is 47.7 Å². The fourth-order valence-electron chi connectivity index (χ4n) is 4.41. The largest absolute Gasteiger partial charge is 0.469 e. The van der Waals surface area contributed by atoms with E-state index in [-0.39, 0.29) is 16.6 Å². The summed E-state index contributed by atoms with van der Waals surface area (Å²) in [5.74, 6) is 0.0380. The SMILES string of the molecule is COC(=O)C(C)Cc1c(SC(C)(C)C)c2c(C)c(C(C)C)ccc2n1Cc1ccc(Cl)cc1. The Kier molecular flexibility index (Phi) is 7.91.